The Hall–Kier alpha value is -1.15. The number of hydrogen-bond acceptors (Lipinski definition) is 2. The van der Waals surface area contributed by atoms with Gasteiger partial charge < -0.3 is 4.74 Å². The molecule has 0 aliphatic heterocycles. The lowest BCUT2D eigenvalue weighted by atomic mass is 10.0. The van der Waals surface area contributed by atoms with Crippen molar-refractivity contribution >= 4 is 5.78 Å². The molecule has 0 fully saturated rings. The molecule has 2 nitrogen and oxygen atoms in total. The van der Waals surface area contributed by atoms with E-state index in [4.69, 9.17) is 4.74 Å². The normalized spacial score (nSPS) is 10.1. The highest BCUT2D eigenvalue weighted by atomic mass is 16.5. The molecule has 0 saturated carbocycles. The number of rotatable bonds is 5. The molecule has 0 atom stereocenters. The standard InChI is InChI=1S/C12H16O2/c1-10-5-3-4-6-11(10)9-12(13)7-8-14-2/h3-6H,7-9H2,1-2H3. The Labute approximate surface area is 84.9 Å². The second kappa shape index (κ2) is 5.55. The third-order valence-corrected chi connectivity index (χ3v) is 2.23. The molecule has 1 aromatic carbocycles. The number of benzene rings is 1. The van der Waals surface area contributed by atoms with Gasteiger partial charge in [-0.25, -0.2) is 0 Å². The van der Waals surface area contributed by atoms with Gasteiger partial charge in [-0.15, -0.1) is 0 Å². The maximum absolute atomic E-state index is 11.4. The maximum Gasteiger partial charge on any atom is 0.139 e. The third-order valence-electron chi connectivity index (χ3n) is 2.23. The predicted octanol–water partition coefficient (Wildman–Crippen LogP) is 2.14. The van der Waals surface area contributed by atoms with E-state index in [0.717, 1.165) is 5.56 Å². The minimum atomic E-state index is 0.237. The van der Waals surface area contributed by atoms with Crippen molar-refractivity contribution in [2.75, 3.05) is 13.7 Å². The summed E-state index contributed by atoms with van der Waals surface area (Å²) in [6, 6.07) is 7.98. The van der Waals surface area contributed by atoms with Gasteiger partial charge in [0.25, 0.3) is 0 Å². The van der Waals surface area contributed by atoms with Gasteiger partial charge in [0, 0.05) is 20.0 Å². The monoisotopic (exact) mass is 192 g/mol. The Morgan fingerprint density at radius 2 is 2.07 bits per heavy atom. The summed E-state index contributed by atoms with van der Waals surface area (Å²) in [7, 11) is 1.61. The van der Waals surface area contributed by atoms with Crippen LogP contribution >= 0.6 is 0 Å². The van der Waals surface area contributed by atoms with E-state index in [2.05, 4.69) is 0 Å². The van der Waals surface area contributed by atoms with Crippen LogP contribution in [0.2, 0.25) is 0 Å². The number of aryl methyl sites for hydroxylation is 1. The number of carbonyl (C=O) groups excluding carboxylic acids is 1. The second-order valence-corrected chi connectivity index (χ2v) is 3.38. The van der Waals surface area contributed by atoms with Crippen molar-refractivity contribution < 1.29 is 9.53 Å². The lowest BCUT2D eigenvalue weighted by Gasteiger charge is -2.04. The predicted molar refractivity (Wildman–Crippen MR) is 56.4 cm³/mol. The molecule has 14 heavy (non-hydrogen) atoms. The minimum Gasteiger partial charge on any atom is -0.384 e. The number of methoxy groups -OCH3 is 1. The highest BCUT2D eigenvalue weighted by molar-refractivity contribution is 5.81. The summed E-state index contributed by atoms with van der Waals surface area (Å²) in [5, 5.41) is 0. The van der Waals surface area contributed by atoms with E-state index in [1.165, 1.54) is 5.56 Å². The van der Waals surface area contributed by atoms with Gasteiger partial charge in [0.2, 0.25) is 0 Å². The molecule has 76 valence electrons. The van der Waals surface area contributed by atoms with E-state index in [-0.39, 0.29) is 5.78 Å². The van der Waals surface area contributed by atoms with Crippen molar-refractivity contribution in [1.82, 2.24) is 0 Å². The minimum absolute atomic E-state index is 0.237. The molecule has 0 heterocycles. The van der Waals surface area contributed by atoms with Gasteiger partial charge in [0.15, 0.2) is 0 Å². The highest BCUT2D eigenvalue weighted by Gasteiger charge is 2.04. The third kappa shape index (κ3) is 3.30. The van der Waals surface area contributed by atoms with Gasteiger partial charge in [-0.3, -0.25) is 4.79 Å². The van der Waals surface area contributed by atoms with Crippen molar-refractivity contribution in [3.63, 3.8) is 0 Å². The average Bonchev–Trinajstić information content (AvgIpc) is 2.18. The fourth-order valence-corrected chi connectivity index (χ4v) is 1.33. The van der Waals surface area contributed by atoms with Gasteiger partial charge >= 0.3 is 0 Å². The van der Waals surface area contributed by atoms with Crippen molar-refractivity contribution in [2.24, 2.45) is 0 Å². The Balaban J connectivity index is 2.52. The van der Waals surface area contributed by atoms with E-state index >= 15 is 0 Å². The molecule has 1 aromatic rings. The first kappa shape index (κ1) is 10.9. The van der Waals surface area contributed by atoms with Crippen LogP contribution in [0.15, 0.2) is 24.3 Å². The molecule has 0 aliphatic carbocycles. The van der Waals surface area contributed by atoms with Crippen LogP contribution in [0.5, 0.6) is 0 Å². The van der Waals surface area contributed by atoms with E-state index in [0.29, 0.717) is 19.4 Å². The Bertz CT molecular complexity index is 305. The topological polar surface area (TPSA) is 26.3 Å². The van der Waals surface area contributed by atoms with Gasteiger partial charge in [-0.2, -0.15) is 0 Å². The Morgan fingerprint density at radius 1 is 1.36 bits per heavy atom. The molecule has 0 amide bonds. The first-order valence-electron chi connectivity index (χ1n) is 4.79. The summed E-state index contributed by atoms with van der Waals surface area (Å²) >= 11 is 0. The van der Waals surface area contributed by atoms with Crippen molar-refractivity contribution in [1.29, 1.82) is 0 Å². The van der Waals surface area contributed by atoms with Gasteiger partial charge in [0.05, 0.1) is 6.61 Å². The highest BCUT2D eigenvalue weighted by Crippen LogP contribution is 2.08. The van der Waals surface area contributed by atoms with Gasteiger partial charge in [0.1, 0.15) is 5.78 Å². The zero-order valence-electron chi connectivity index (χ0n) is 8.75. The number of carbonyl (C=O) groups is 1. The van der Waals surface area contributed by atoms with Crippen molar-refractivity contribution in [3.8, 4) is 0 Å². The van der Waals surface area contributed by atoms with Crippen LogP contribution in [-0.4, -0.2) is 19.5 Å². The lowest BCUT2D eigenvalue weighted by molar-refractivity contribution is -0.119. The van der Waals surface area contributed by atoms with Crippen LogP contribution < -0.4 is 0 Å². The van der Waals surface area contributed by atoms with Crippen LogP contribution in [-0.2, 0) is 16.0 Å². The van der Waals surface area contributed by atoms with Crippen LogP contribution in [0.4, 0.5) is 0 Å². The number of ether oxygens (including phenoxy) is 1. The zero-order chi connectivity index (χ0) is 10.4. The number of ketones is 1. The molecule has 0 bridgehead atoms. The first-order chi connectivity index (χ1) is 6.74. The van der Waals surface area contributed by atoms with Crippen LogP contribution in [0.3, 0.4) is 0 Å². The lowest BCUT2D eigenvalue weighted by Crippen LogP contribution is -2.06. The van der Waals surface area contributed by atoms with E-state index in [1.54, 1.807) is 7.11 Å². The molecule has 0 unspecified atom stereocenters. The van der Waals surface area contributed by atoms with Crippen LogP contribution in [0.1, 0.15) is 17.5 Å². The largest absolute Gasteiger partial charge is 0.384 e. The fourth-order valence-electron chi connectivity index (χ4n) is 1.33. The molecule has 0 N–H and O–H groups in total. The van der Waals surface area contributed by atoms with E-state index < -0.39 is 0 Å². The summed E-state index contributed by atoms with van der Waals surface area (Å²) in [5.41, 5.74) is 2.30. The molecule has 0 spiro atoms. The summed E-state index contributed by atoms with van der Waals surface area (Å²) in [6.07, 6.45) is 1.03. The zero-order valence-corrected chi connectivity index (χ0v) is 8.75. The summed E-state index contributed by atoms with van der Waals surface area (Å²) in [6.45, 7) is 2.55. The van der Waals surface area contributed by atoms with Crippen molar-refractivity contribution in [3.05, 3.63) is 35.4 Å². The fraction of sp³-hybridized carbons (Fsp3) is 0.417. The average molecular weight is 192 g/mol. The van der Waals surface area contributed by atoms with Gasteiger partial charge in [-0.1, -0.05) is 24.3 Å². The van der Waals surface area contributed by atoms with E-state index in [1.807, 2.05) is 31.2 Å². The maximum atomic E-state index is 11.4. The molecule has 0 saturated heterocycles. The first-order valence-corrected chi connectivity index (χ1v) is 4.79. The number of Topliss-reactive ketones (excluding diaryl/α,β-unsaturated/α-hetero) is 1. The summed E-state index contributed by atoms with van der Waals surface area (Å²) in [5.74, 6) is 0.237. The smallest absolute Gasteiger partial charge is 0.139 e. The van der Waals surface area contributed by atoms with Crippen LogP contribution in [0, 0.1) is 6.92 Å². The second-order valence-electron chi connectivity index (χ2n) is 3.38. The molecule has 0 aliphatic rings. The summed E-state index contributed by atoms with van der Waals surface area (Å²) < 4.78 is 4.86. The van der Waals surface area contributed by atoms with Crippen LogP contribution in [0.25, 0.3) is 0 Å². The molecule has 2 heteroatoms. The van der Waals surface area contributed by atoms with Crippen molar-refractivity contribution in [2.45, 2.75) is 19.8 Å². The van der Waals surface area contributed by atoms with Gasteiger partial charge in [-0.05, 0) is 18.1 Å². The molecule has 0 radical (unpaired) electrons. The molecule has 0 aromatic heterocycles. The molecular weight excluding hydrogens is 176 g/mol. The molecular formula is C12H16O2. The summed E-state index contributed by atoms with van der Waals surface area (Å²) in [4.78, 5) is 11.4. The Kier molecular flexibility index (Phi) is 4.33. The SMILES string of the molecule is COCCC(=O)Cc1ccccc1C. The van der Waals surface area contributed by atoms with E-state index in [9.17, 15) is 4.79 Å². The number of hydrogen-bond donors (Lipinski definition) is 0. The quantitative estimate of drug-likeness (QED) is 0.714. The Morgan fingerprint density at radius 3 is 2.71 bits per heavy atom. The molecule has 1 rings (SSSR count).